The van der Waals surface area contributed by atoms with Crippen molar-refractivity contribution in [1.82, 2.24) is 15.1 Å². The molecule has 0 spiro atoms. The van der Waals surface area contributed by atoms with E-state index < -0.39 is 18.2 Å². The summed E-state index contributed by atoms with van der Waals surface area (Å²) in [5.41, 5.74) is 1.32. The van der Waals surface area contributed by atoms with Crippen LogP contribution in [0.4, 0.5) is 21.0 Å². The molecule has 0 radical (unpaired) electrons. The lowest BCUT2D eigenvalue weighted by Crippen LogP contribution is -2.51. The largest absolute Gasteiger partial charge is 0.487 e. The number of para-hydroxylation sites is 1. The predicted molar refractivity (Wildman–Crippen MR) is 143 cm³/mol. The number of anilines is 2. The molecule has 3 rings (SSSR count). The Hall–Kier alpha value is -3.79. The number of carbonyl (C=O) groups excluding carboxylic acids is 3. The van der Waals surface area contributed by atoms with E-state index in [1.54, 1.807) is 54.1 Å². The SMILES string of the molecule is CC(C)NC(=O)N(C)C[C@@H]1Oc2ccc(NC(=O)Nc3ccccc3)cc2C(=O)N([C@@H](C)CO)C[C@H]1C. The summed E-state index contributed by atoms with van der Waals surface area (Å²) in [6, 6.07) is 12.8. The number of hydrogen-bond donors (Lipinski definition) is 4. The quantitative estimate of drug-likeness (QED) is 0.452. The van der Waals surface area contributed by atoms with Gasteiger partial charge in [0.1, 0.15) is 11.9 Å². The van der Waals surface area contributed by atoms with E-state index in [-0.39, 0.29) is 36.1 Å². The van der Waals surface area contributed by atoms with Gasteiger partial charge in [0.2, 0.25) is 0 Å². The number of ether oxygens (including phenoxy) is 1. The maximum absolute atomic E-state index is 13.6. The van der Waals surface area contributed by atoms with Gasteiger partial charge < -0.3 is 35.6 Å². The van der Waals surface area contributed by atoms with Crippen LogP contribution in [0.15, 0.2) is 48.5 Å². The van der Waals surface area contributed by atoms with Crippen LogP contribution >= 0.6 is 0 Å². The molecule has 0 aliphatic carbocycles. The van der Waals surface area contributed by atoms with Crippen molar-refractivity contribution in [3.8, 4) is 5.75 Å². The zero-order valence-corrected chi connectivity index (χ0v) is 22.0. The Labute approximate surface area is 218 Å². The molecule has 0 aromatic heterocycles. The number of rotatable bonds is 7. The van der Waals surface area contributed by atoms with Gasteiger partial charge in [0.15, 0.2) is 0 Å². The monoisotopic (exact) mass is 511 g/mol. The normalized spacial score (nSPS) is 18.1. The van der Waals surface area contributed by atoms with Gasteiger partial charge in [-0.25, -0.2) is 9.59 Å². The Bertz CT molecular complexity index is 1090. The summed E-state index contributed by atoms with van der Waals surface area (Å²) < 4.78 is 6.30. The second kappa shape index (κ2) is 12.4. The summed E-state index contributed by atoms with van der Waals surface area (Å²) >= 11 is 0. The molecule has 1 aliphatic rings. The maximum Gasteiger partial charge on any atom is 0.323 e. The molecule has 2 aromatic carbocycles. The number of benzene rings is 2. The number of carbonyl (C=O) groups is 3. The fraction of sp³-hybridized carbons (Fsp3) is 0.444. The van der Waals surface area contributed by atoms with E-state index >= 15 is 0 Å². The van der Waals surface area contributed by atoms with Crippen LogP contribution in [-0.4, -0.2) is 77.8 Å². The van der Waals surface area contributed by atoms with Crippen molar-refractivity contribution in [2.75, 3.05) is 37.4 Å². The molecule has 0 fully saturated rings. The minimum atomic E-state index is -0.449. The van der Waals surface area contributed by atoms with Crippen LogP contribution in [0.3, 0.4) is 0 Å². The number of aliphatic hydroxyl groups excluding tert-OH is 1. The fourth-order valence-electron chi connectivity index (χ4n) is 4.04. The first kappa shape index (κ1) is 27.8. The van der Waals surface area contributed by atoms with Crippen molar-refractivity contribution in [2.45, 2.75) is 45.9 Å². The molecule has 200 valence electrons. The van der Waals surface area contributed by atoms with E-state index in [1.165, 1.54) is 0 Å². The third kappa shape index (κ3) is 7.36. The number of urea groups is 2. The lowest BCUT2D eigenvalue weighted by atomic mass is 9.99. The average Bonchev–Trinajstić information content (AvgIpc) is 2.86. The molecule has 1 aliphatic heterocycles. The zero-order valence-electron chi connectivity index (χ0n) is 22.0. The summed E-state index contributed by atoms with van der Waals surface area (Å²) in [4.78, 5) is 41.7. The molecule has 10 nitrogen and oxygen atoms in total. The number of aliphatic hydroxyl groups is 1. The minimum absolute atomic E-state index is 0.00474. The van der Waals surface area contributed by atoms with E-state index in [0.29, 0.717) is 30.2 Å². The number of fused-ring (bicyclic) bond motifs is 1. The standard InChI is InChI=1S/C27H37N5O5/c1-17(2)28-27(36)31(5)15-24-18(3)14-32(19(4)16-33)25(34)22-13-21(11-12-23(22)37-24)30-26(35)29-20-9-7-6-8-10-20/h6-13,17-19,24,33H,14-16H2,1-5H3,(H,28,36)(H2,29,30,35)/t18-,19+,24+/m1/s1. The molecule has 4 N–H and O–H groups in total. The van der Waals surface area contributed by atoms with E-state index in [9.17, 15) is 19.5 Å². The lowest BCUT2D eigenvalue weighted by molar-refractivity contribution is 0.0366. The molecular weight excluding hydrogens is 474 g/mol. The van der Waals surface area contributed by atoms with Crippen molar-refractivity contribution in [1.29, 1.82) is 0 Å². The predicted octanol–water partition coefficient (Wildman–Crippen LogP) is 3.60. The second-order valence-electron chi connectivity index (χ2n) is 9.76. The first-order valence-electron chi connectivity index (χ1n) is 12.5. The smallest absolute Gasteiger partial charge is 0.323 e. The average molecular weight is 512 g/mol. The molecule has 10 heteroatoms. The van der Waals surface area contributed by atoms with Crippen LogP contribution in [0.5, 0.6) is 5.75 Å². The number of likely N-dealkylation sites (N-methyl/N-ethyl adjacent to an activating group) is 1. The lowest BCUT2D eigenvalue weighted by Gasteiger charge is -2.38. The van der Waals surface area contributed by atoms with E-state index in [2.05, 4.69) is 16.0 Å². The van der Waals surface area contributed by atoms with Crippen LogP contribution in [-0.2, 0) is 0 Å². The van der Waals surface area contributed by atoms with Crippen LogP contribution in [0.25, 0.3) is 0 Å². The van der Waals surface area contributed by atoms with Gasteiger partial charge in [-0.05, 0) is 51.1 Å². The molecular formula is C27H37N5O5. The molecule has 1 heterocycles. The van der Waals surface area contributed by atoms with Gasteiger partial charge in [-0.15, -0.1) is 0 Å². The molecule has 3 atom stereocenters. The highest BCUT2D eigenvalue weighted by molar-refractivity contribution is 6.02. The number of hydrogen-bond acceptors (Lipinski definition) is 5. The Morgan fingerprint density at radius 3 is 2.43 bits per heavy atom. The zero-order chi connectivity index (χ0) is 27.1. The summed E-state index contributed by atoms with van der Waals surface area (Å²) in [6.45, 7) is 7.94. The highest BCUT2D eigenvalue weighted by atomic mass is 16.5. The van der Waals surface area contributed by atoms with Crippen molar-refractivity contribution < 1.29 is 24.2 Å². The topological polar surface area (TPSA) is 123 Å². The van der Waals surface area contributed by atoms with Crippen molar-refractivity contribution in [2.24, 2.45) is 5.92 Å². The summed E-state index contributed by atoms with van der Waals surface area (Å²) in [5.74, 6) is -0.0851. The van der Waals surface area contributed by atoms with Crippen LogP contribution in [0.2, 0.25) is 0 Å². The van der Waals surface area contributed by atoms with Gasteiger partial charge in [0, 0.05) is 36.9 Å². The Kier molecular flexibility index (Phi) is 9.35. The maximum atomic E-state index is 13.6. The molecule has 2 aromatic rings. The first-order chi connectivity index (χ1) is 17.6. The summed E-state index contributed by atoms with van der Waals surface area (Å²) in [7, 11) is 1.70. The van der Waals surface area contributed by atoms with Crippen molar-refractivity contribution in [3.05, 3.63) is 54.1 Å². The third-order valence-corrected chi connectivity index (χ3v) is 6.17. The Balaban J connectivity index is 1.87. The van der Waals surface area contributed by atoms with Gasteiger partial charge in [-0.1, -0.05) is 25.1 Å². The van der Waals surface area contributed by atoms with E-state index in [4.69, 9.17) is 4.74 Å². The van der Waals surface area contributed by atoms with Crippen molar-refractivity contribution in [3.63, 3.8) is 0 Å². The molecule has 0 unspecified atom stereocenters. The fourth-order valence-corrected chi connectivity index (χ4v) is 4.04. The number of amides is 5. The van der Waals surface area contributed by atoms with E-state index in [0.717, 1.165) is 0 Å². The Morgan fingerprint density at radius 1 is 1.11 bits per heavy atom. The van der Waals surface area contributed by atoms with Gasteiger partial charge >= 0.3 is 12.1 Å². The summed E-state index contributed by atoms with van der Waals surface area (Å²) in [5, 5.41) is 18.2. The molecule has 0 saturated carbocycles. The van der Waals surface area contributed by atoms with Crippen LogP contribution in [0.1, 0.15) is 38.1 Å². The van der Waals surface area contributed by atoms with Gasteiger partial charge in [0.25, 0.3) is 5.91 Å². The summed E-state index contributed by atoms with van der Waals surface area (Å²) in [6.07, 6.45) is -0.414. The highest BCUT2D eigenvalue weighted by Gasteiger charge is 2.34. The minimum Gasteiger partial charge on any atom is -0.487 e. The Morgan fingerprint density at radius 2 is 1.78 bits per heavy atom. The molecule has 37 heavy (non-hydrogen) atoms. The van der Waals surface area contributed by atoms with Gasteiger partial charge in [-0.3, -0.25) is 4.79 Å². The highest BCUT2D eigenvalue weighted by Crippen LogP contribution is 2.30. The van der Waals surface area contributed by atoms with Crippen LogP contribution < -0.4 is 20.7 Å². The van der Waals surface area contributed by atoms with Gasteiger partial charge in [-0.2, -0.15) is 0 Å². The van der Waals surface area contributed by atoms with Crippen molar-refractivity contribution >= 4 is 29.3 Å². The number of nitrogens with one attached hydrogen (secondary N) is 3. The number of nitrogens with zero attached hydrogens (tertiary/aromatic N) is 2. The third-order valence-electron chi connectivity index (χ3n) is 6.17. The van der Waals surface area contributed by atoms with E-state index in [1.807, 2.05) is 39.0 Å². The molecule has 0 bridgehead atoms. The van der Waals surface area contributed by atoms with Crippen LogP contribution in [0, 0.1) is 5.92 Å². The molecule has 0 saturated heterocycles. The first-order valence-corrected chi connectivity index (χ1v) is 12.5. The second-order valence-corrected chi connectivity index (χ2v) is 9.76. The molecule has 5 amide bonds. The van der Waals surface area contributed by atoms with Gasteiger partial charge in [0.05, 0.1) is 24.8 Å².